The third-order valence-electron chi connectivity index (χ3n) is 1.73. The van der Waals surface area contributed by atoms with Crippen LogP contribution in [0.25, 0.3) is 0 Å². The van der Waals surface area contributed by atoms with E-state index in [9.17, 15) is 10.1 Å². The molecular weight excluding hydrogens is 232 g/mol. The van der Waals surface area contributed by atoms with E-state index >= 15 is 0 Å². The van der Waals surface area contributed by atoms with Gasteiger partial charge in [-0.3, -0.25) is 10.1 Å². The van der Waals surface area contributed by atoms with Gasteiger partial charge in [-0.05, 0) is 12.5 Å². The van der Waals surface area contributed by atoms with E-state index in [0.717, 1.165) is 0 Å². The molecule has 16 heavy (non-hydrogen) atoms. The molecule has 0 unspecified atom stereocenters. The van der Waals surface area contributed by atoms with E-state index in [1.165, 1.54) is 23.9 Å². The first-order valence-electron chi connectivity index (χ1n) is 4.54. The van der Waals surface area contributed by atoms with Gasteiger partial charge in [0.05, 0.1) is 4.92 Å². The van der Waals surface area contributed by atoms with Crippen molar-refractivity contribution < 1.29 is 10.0 Å². The number of thioether (sulfide) groups is 1. The molecule has 1 aromatic rings. The minimum Gasteiger partial charge on any atom is -0.396 e. The van der Waals surface area contributed by atoms with Gasteiger partial charge in [0.2, 0.25) is 0 Å². The van der Waals surface area contributed by atoms with Crippen LogP contribution in [0.2, 0.25) is 0 Å². The highest BCUT2D eigenvalue weighted by Crippen LogP contribution is 2.28. The van der Waals surface area contributed by atoms with Crippen molar-refractivity contribution in [2.24, 2.45) is 5.84 Å². The molecule has 0 radical (unpaired) electrons. The Bertz CT molecular complexity index is 374. The summed E-state index contributed by atoms with van der Waals surface area (Å²) in [6.07, 6.45) is 0.559. The standard InChI is InChI=1S/C8H12N4O3S/c9-11-7-3-2-6(12(14)15)8(10-7)16-5-1-4-13/h2-3,13H,1,4-5,9H2,(H,10,11). The fraction of sp³-hybridized carbons (Fsp3) is 0.375. The summed E-state index contributed by atoms with van der Waals surface area (Å²) >= 11 is 1.22. The molecule has 0 fully saturated rings. The van der Waals surface area contributed by atoms with Crippen molar-refractivity contribution in [3.05, 3.63) is 22.2 Å². The Labute approximate surface area is 96.2 Å². The van der Waals surface area contributed by atoms with Crippen LogP contribution in [0, 0.1) is 10.1 Å². The van der Waals surface area contributed by atoms with Gasteiger partial charge in [0.1, 0.15) is 5.82 Å². The molecule has 4 N–H and O–H groups in total. The number of hydrogen-bond donors (Lipinski definition) is 3. The third kappa shape index (κ3) is 3.33. The number of nitrogens with two attached hydrogens (primary N) is 1. The van der Waals surface area contributed by atoms with Crippen LogP contribution in [0.3, 0.4) is 0 Å². The number of nitrogens with one attached hydrogen (secondary N) is 1. The zero-order valence-corrected chi connectivity index (χ0v) is 9.24. The molecule has 0 aliphatic heterocycles. The number of nitrogens with zero attached hydrogens (tertiary/aromatic N) is 2. The van der Waals surface area contributed by atoms with E-state index in [1.807, 2.05) is 0 Å². The highest BCUT2D eigenvalue weighted by Gasteiger charge is 2.15. The molecule has 88 valence electrons. The van der Waals surface area contributed by atoms with Crippen molar-refractivity contribution in [3.63, 3.8) is 0 Å². The van der Waals surface area contributed by atoms with Crippen molar-refractivity contribution >= 4 is 23.3 Å². The lowest BCUT2D eigenvalue weighted by Crippen LogP contribution is -2.09. The van der Waals surface area contributed by atoms with Gasteiger partial charge in [-0.1, -0.05) is 11.8 Å². The highest BCUT2D eigenvalue weighted by molar-refractivity contribution is 7.99. The SMILES string of the molecule is NNc1ccc([N+](=O)[O-])c(SCCCO)n1. The number of nitro groups is 1. The first kappa shape index (κ1) is 12.7. The number of aliphatic hydroxyl groups is 1. The van der Waals surface area contributed by atoms with Crippen LogP contribution in [0.4, 0.5) is 11.5 Å². The lowest BCUT2D eigenvalue weighted by atomic mass is 10.4. The number of hydrazine groups is 1. The zero-order valence-electron chi connectivity index (χ0n) is 8.42. The summed E-state index contributed by atoms with van der Waals surface area (Å²) in [5, 5.41) is 19.6. The number of anilines is 1. The summed E-state index contributed by atoms with van der Waals surface area (Å²) in [4.78, 5) is 14.2. The topological polar surface area (TPSA) is 114 Å². The molecule has 0 aliphatic carbocycles. The quantitative estimate of drug-likeness (QED) is 0.222. The summed E-state index contributed by atoms with van der Waals surface area (Å²) in [5.41, 5.74) is 2.27. The van der Waals surface area contributed by atoms with Gasteiger partial charge >= 0.3 is 5.69 Å². The number of nitrogen functional groups attached to an aromatic ring is 1. The lowest BCUT2D eigenvalue weighted by molar-refractivity contribution is -0.388. The predicted octanol–water partition coefficient (Wildman–Crippen LogP) is 0.750. The molecule has 0 atom stereocenters. The van der Waals surface area contributed by atoms with E-state index in [4.69, 9.17) is 10.9 Å². The van der Waals surface area contributed by atoms with Crippen LogP contribution >= 0.6 is 11.8 Å². The average molecular weight is 244 g/mol. The van der Waals surface area contributed by atoms with Gasteiger partial charge in [-0.25, -0.2) is 10.8 Å². The predicted molar refractivity (Wildman–Crippen MR) is 61.1 cm³/mol. The summed E-state index contributed by atoms with van der Waals surface area (Å²) in [5.74, 6) is 6.11. The third-order valence-corrected chi connectivity index (χ3v) is 2.79. The van der Waals surface area contributed by atoms with Crippen molar-refractivity contribution in [2.45, 2.75) is 11.4 Å². The van der Waals surface area contributed by atoms with Crippen LogP contribution in [0.1, 0.15) is 6.42 Å². The molecule has 0 spiro atoms. The van der Waals surface area contributed by atoms with Crippen molar-refractivity contribution in [2.75, 3.05) is 17.8 Å². The van der Waals surface area contributed by atoms with Crippen LogP contribution in [-0.2, 0) is 0 Å². The molecule has 0 aliphatic rings. The summed E-state index contributed by atoms with van der Waals surface area (Å²) in [6.45, 7) is 0.0512. The second-order valence-corrected chi connectivity index (χ2v) is 3.93. The van der Waals surface area contributed by atoms with Gasteiger partial charge in [0.15, 0.2) is 5.03 Å². The van der Waals surface area contributed by atoms with E-state index in [2.05, 4.69) is 10.4 Å². The molecular formula is C8H12N4O3S. The molecule has 0 saturated heterocycles. The van der Waals surface area contributed by atoms with Crippen LogP contribution in [0.5, 0.6) is 0 Å². The monoisotopic (exact) mass is 244 g/mol. The Balaban J connectivity index is 2.87. The van der Waals surface area contributed by atoms with Gasteiger partial charge in [-0.2, -0.15) is 0 Å². The van der Waals surface area contributed by atoms with Crippen LogP contribution in [-0.4, -0.2) is 27.4 Å². The number of pyridine rings is 1. The minimum absolute atomic E-state index is 0.0512. The average Bonchev–Trinajstić information content (AvgIpc) is 2.29. The molecule has 8 heteroatoms. The van der Waals surface area contributed by atoms with E-state index < -0.39 is 4.92 Å². The molecule has 0 bridgehead atoms. The Kier molecular flexibility index (Phi) is 4.96. The Morgan fingerprint density at radius 2 is 2.38 bits per heavy atom. The maximum atomic E-state index is 10.7. The van der Waals surface area contributed by atoms with Crippen LogP contribution in [0.15, 0.2) is 17.2 Å². The second-order valence-electron chi connectivity index (χ2n) is 2.85. The summed E-state index contributed by atoms with van der Waals surface area (Å²) < 4.78 is 0. The number of hydrogen-bond acceptors (Lipinski definition) is 7. The molecule has 0 aromatic carbocycles. The van der Waals surface area contributed by atoms with E-state index in [-0.39, 0.29) is 12.3 Å². The number of aromatic nitrogens is 1. The largest absolute Gasteiger partial charge is 0.396 e. The maximum Gasteiger partial charge on any atom is 0.301 e. The molecule has 7 nitrogen and oxygen atoms in total. The maximum absolute atomic E-state index is 10.7. The Hall–Kier alpha value is -1.38. The molecule has 1 heterocycles. The van der Waals surface area contributed by atoms with E-state index in [1.54, 1.807) is 0 Å². The van der Waals surface area contributed by atoms with E-state index in [0.29, 0.717) is 23.0 Å². The summed E-state index contributed by atoms with van der Waals surface area (Å²) in [7, 11) is 0. The minimum atomic E-state index is -0.491. The zero-order chi connectivity index (χ0) is 12.0. The van der Waals surface area contributed by atoms with Gasteiger partial charge in [-0.15, -0.1) is 0 Å². The first-order valence-corrected chi connectivity index (χ1v) is 5.53. The molecule has 1 aromatic heterocycles. The van der Waals surface area contributed by atoms with Gasteiger partial charge in [0.25, 0.3) is 0 Å². The number of rotatable bonds is 6. The Morgan fingerprint density at radius 3 is 2.94 bits per heavy atom. The molecule has 0 amide bonds. The van der Waals surface area contributed by atoms with Crippen LogP contribution < -0.4 is 11.3 Å². The number of aliphatic hydroxyl groups excluding tert-OH is 1. The smallest absolute Gasteiger partial charge is 0.301 e. The van der Waals surface area contributed by atoms with Gasteiger partial charge < -0.3 is 10.5 Å². The highest BCUT2D eigenvalue weighted by atomic mass is 32.2. The normalized spacial score (nSPS) is 10.1. The lowest BCUT2D eigenvalue weighted by Gasteiger charge is -2.04. The second kappa shape index (κ2) is 6.26. The van der Waals surface area contributed by atoms with Gasteiger partial charge in [0, 0.05) is 18.4 Å². The fourth-order valence-electron chi connectivity index (χ4n) is 0.992. The summed E-state index contributed by atoms with van der Waals surface area (Å²) in [6, 6.07) is 2.79. The van der Waals surface area contributed by atoms with Crippen molar-refractivity contribution in [1.82, 2.24) is 4.98 Å². The molecule has 0 saturated carbocycles. The van der Waals surface area contributed by atoms with Crippen molar-refractivity contribution in [1.29, 1.82) is 0 Å². The van der Waals surface area contributed by atoms with Crippen molar-refractivity contribution in [3.8, 4) is 0 Å². The first-order chi connectivity index (χ1) is 7.69. The molecule has 1 rings (SSSR count). The Morgan fingerprint density at radius 1 is 1.62 bits per heavy atom. The fourth-order valence-corrected chi connectivity index (χ4v) is 1.91.